The summed E-state index contributed by atoms with van der Waals surface area (Å²) in [5.74, 6) is 0.907. The summed E-state index contributed by atoms with van der Waals surface area (Å²) in [4.78, 5) is 19.5. The molecule has 17 heavy (non-hydrogen) atoms. The highest BCUT2D eigenvalue weighted by Crippen LogP contribution is 2.11. The van der Waals surface area contributed by atoms with Gasteiger partial charge in [-0.15, -0.1) is 0 Å². The van der Waals surface area contributed by atoms with Crippen molar-refractivity contribution >= 4 is 17.1 Å². The quantitative estimate of drug-likeness (QED) is 0.849. The van der Waals surface area contributed by atoms with E-state index in [-0.39, 0.29) is 0 Å². The molecular formula is C12H15N3O2. The number of para-hydroxylation sites is 2. The first kappa shape index (κ1) is 11.4. The molecule has 0 spiro atoms. The molecule has 2 aromatic rings. The van der Waals surface area contributed by atoms with Gasteiger partial charge in [-0.05, 0) is 18.6 Å². The SMILES string of the molecule is CN(CCCc1nc2ccccc2[nH]1)C(=O)O. The van der Waals surface area contributed by atoms with E-state index in [0.717, 1.165) is 29.7 Å². The van der Waals surface area contributed by atoms with Gasteiger partial charge < -0.3 is 15.0 Å². The fourth-order valence-electron chi connectivity index (χ4n) is 1.70. The molecule has 0 aliphatic heterocycles. The maximum Gasteiger partial charge on any atom is 0.407 e. The summed E-state index contributed by atoms with van der Waals surface area (Å²) in [6.45, 7) is 0.520. The normalized spacial score (nSPS) is 10.6. The predicted octanol–water partition coefficient (Wildman–Crippen LogP) is 2.11. The van der Waals surface area contributed by atoms with Gasteiger partial charge in [0.2, 0.25) is 0 Å². The van der Waals surface area contributed by atoms with Crippen LogP contribution in [0.25, 0.3) is 11.0 Å². The molecule has 0 saturated heterocycles. The average molecular weight is 233 g/mol. The first-order valence-corrected chi connectivity index (χ1v) is 5.54. The van der Waals surface area contributed by atoms with Gasteiger partial charge in [0.25, 0.3) is 0 Å². The summed E-state index contributed by atoms with van der Waals surface area (Å²) >= 11 is 0. The van der Waals surface area contributed by atoms with Crippen molar-refractivity contribution in [2.24, 2.45) is 0 Å². The molecule has 0 atom stereocenters. The van der Waals surface area contributed by atoms with Crippen LogP contribution in [0.1, 0.15) is 12.2 Å². The number of aryl methyl sites for hydroxylation is 1. The number of carbonyl (C=O) groups is 1. The van der Waals surface area contributed by atoms with E-state index in [2.05, 4.69) is 9.97 Å². The number of H-pyrrole nitrogens is 1. The molecule has 1 aromatic heterocycles. The third kappa shape index (κ3) is 2.75. The van der Waals surface area contributed by atoms with Gasteiger partial charge in [0.15, 0.2) is 0 Å². The number of fused-ring (bicyclic) bond motifs is 1. The highest BCUT2D eigenvalue weighted by atomic mass is 16.4. The molecule has 1 amide bonds. The first-order chi connectivity index (χ1) is 8.16. The monoisotopic (exact) mass is 233 g/mol. The second-order valence-corrected chi connectivity index (χ2v) is 4.01. The summed E-state index contributed by atoms with van der Waals surface area (Å²) < 4.78 is 0. The minimum Gasteiger partial charge on any atom is -0.465 e. The Hall–Kier alpha value is -2.04. The zero-order valence-corrected chi connectivity index (χ0v) is 9.68. The maximum absolute atomic E-state index is 10.6. The van der Waals surface area contributed by atoms with Crippen molar-refractivity contribution in [2.45, 2.75) is 12.8 Å². The van der Waals surface area contributed by atoms with Crippen LogP contribution in [0.15, 0.2) is 24.3 Å². The van der Waals surface area contributed by atoms with Crippen molar-refractivity contribution in [3.8, 4) is 0 Å². The minimum atomic E-state index is -0.894. The minimum absolute atomic E-state index is 0.520. The second-order valence-electron chi connectivity index (χ2n) is 4.01. The Morgan fingerprint density at radius 2 is 2.24 bits per heavy atom. The maximum atomic E-state index is 10.6. The van der Waals surface area contributed by atoms with Gasteiger partial charge in [-0.25, -0.2) is 9.78 Å². The van der Waals surface area contributed by atoms with Crippen LogP contribution in [0.3, 0.4) is 0 Å². The fraction of sp³-hybridized carbons (Fsp3) is 0.333. The molecule has 0 unspecified atom stereocenters. The molecule has 1 aromatic carbocycles. The van der Waals surface area contributed by atoms with Crippen LogP contribution in [0.4, 0.5) is 4.79 Å². The Bertz CT molecular complexity index is 488. The number of amides is 1. The molecule has 0 aliphatic rings. The summed E-state index contributed by atoms with van der Waals surface area (Å²) in [6, 6.07) is 7.85. The van der Waals surface area contributed by atoms with Gasteiger partial charge in [-0.3, -0.25) is 0 Å². The van der Waals surface area contributed by atoms with Gasteiger partial charge in [0.05, 0.1) is 11.0 Å². The van der Waals surface area contributed by atoms with Crippen LogP contribution in [-0.2, 0) is 6.42 Å². The third-order valence-corrected chi connectivity index (χ3v) is 2.67. The lowest BCUT2D eigenvalue weighted by Crippen LogP contribution is -2.25. The fourth-order valence-corrected chi connectivity index (χ4v) is 1.70. The number of aromatic nitrogens is 2. The molecule has 1 heterocycles. The summed E-state index contributed by atoms with van der Waals surface area (Å²) in [5.41, 5.74) is 1.98. The van der Waals surface area contributed by atoms with E-state index in [9.17, 15) is 4.79 Å². The van der Waals surface area contributed by atoms with E-state index in [1.54, 1.807) is 7.05 Å². The van der Waals surface area contributed by atoms with Gasteiger partial charge >= 0.3 is 6.09 Å². The smallest absolute Gasteiger partial charge is 0.407 e. The van der Waals surface area contributed by atoms with Crippen LogP contribution in [0, 0.1) is 0 Å². The summed E-state index contributed by atoms with van der Waals surface area (Å²) in [6.07, 6.45) is 0.629. The molecule has 0 bridgehead atoms. The molecule has 0 radical (unpaired) electrons. The number of aromatic amines is 1. The zero-order chi connectivity index (χ0) is 12.3. The summed E-state index contributed by atoms with van der Waals surface area (Å²) in [7, 11) is 1.57. The summed E-state index contributed by atoms with van der Waals surface area (Å²) in [5, 5.41) is 8.70. The van der Waals surface area contributed by atoms with E-state index in [1.165, 1.54) is 4.90 Å². The lowest BCUT2D eigenvalue weighted by atomic mass is 10.3. The van der Waals surface area contributed by atoms with Crippen LogP contribution < -0.4 is 0 Å². The van der Waals surface area contributed by atoms with E-state index in [4.69, 9.17) is 5.11 Å². The van der Waals surface area contributed by atoms with Crippen molar-refractivity contribution in [3.63, 3.8) is 0 Å². The molecule has 0 saturated carbocycles. The van der Waals surface area contributed by atoms with Crippen LogP contribution in [-0.4, -0.2) is 39.7 Å². The molecular weight excluding hydrogens is 218 g/mol. The van der Waals surface area contributed by atoms with Crippen molar-refractivity contribution in [1.29, 1.82) is 0 Å². The molecule has 5 nitrogen and oxygen atoms in total. The Labute approximate surface area is 99.1 Å². The van der Waals surface area contributed by atoms with Crippen LogP contribution in [0.2, 0.25) is 0 Å². The highest BCUT2D eigenvalue weighted by Gasteiger charge is 2.06. The molecule has 90 valence electrons. The molecule has 5 heteroatoms. The Morgan fingerprint density at radius 1 is 1.47 bits per heavy atom. The average Bonchev–Trinajstić information content (AvgIpc) is 2.71. The Morgan fingerprint density at radius 3 is 2.94 bits per heavy atom. The topological polar surface area (TPSA) is 69.2 Å². The zero-order valence-electron chi connectivity index (χ0n) is 9.68. The van der Waals surface area contributed by atoms with Gasteiger partial charge in [0, 0.05) is 20.0 Å². The van der Waals surface area contributed by atoms with Crippen molar-refractivity contribution in [1.82, 2.24) is 14.9 Å². The van der Waals surface area contributed by atoms with Crippen molar-refractivity contribution in [3.05, 3.63) is 30.1 Å². The first-order valence-electron chi connectivity index (χ1n) is 5.54. The molecule has 2 rings (SSSR count). The van der Waals surface area contributed by atoms with Gasteiger partial charge in [0.1, 0.15) is 5.82 Å². The second kappa shape index (κ2) is 4.86. The standard InChI is InChI=1S/C12H15N3O2/c1-15(12(16)17)8-4-7-11-13-9-5-2-3-6-10(9)14-11/h2-3,5-6H,4,7-8H2,1H3,(H,13,14)(H,16,17). The van der Waals surface area contributed by atoms with E-state index < -0.39 is 6.09 Å². The number of benzene rings is 1. The number of hydrogen-bond donors (Lipinski definition) is 2. The van der Waals surface area contributed by atoms with Crippen molar-refractivity contribution in [2.75, 3.05) is 13.6 Å². The largest absolute Gasteiger partial charge is 0.465 e. The predicted molar refractivity (Wildman–Crippen MR) is 65.1 cm³/mol. The Balaban J connectivity index is 1.93. The van der Waals surface area contributed by atoms with E-state index in [0.29, 0.717) is 6.54 Å². The highest BCUT2D eigenvalue weighted by molar-refractivity contribution is 5.74. The number of nitrogens with one attached hydrogen (secondary N) is 1. The third-order valence-electron chi connectivity index (χ3n) is 2.67. The molecule has 2 N–H and O–H groups in total. The Kier molecular flexibility index (Phi) is 3.27. The van der Waals surface area contributed by atoms with Crippen LogP contribution in [0.5, 0.6) is 0 Å². The van der Waals surface area contributed by atoms with Gasteiger partial charge in [-0.2, -0.15) is 0 Å². The molecule has 0 aliphatic carbocycles. The van der Waals surface area contributed by atoms with Gasteiger partial charge in [-0.1, -0.05) is 12.1 Å². The lowest BCUT2D eigenvalue weighted by molar-refractivity contribution is 0.155. The number of carboxylic acid groups (broad SMARTS) is 1. The van der Waals surface area contributed by atoms with E-state index >= 15 is 0 Å². The number of imidazole rings is 1. The van der Waals surface area contributed by atoms with Crippen molar-refractivity contribution < 1.29 is 9.90 Å². The number of hydrogen-bond acceptors (Lipinski definition) is 2. The number of rotatable bonds is 4. The van der Waals surface area contributed by atoms with E-state index in [1.807, 2.05) is 24.3 Å². The van der Waals surface area contributed by atoms with Crippen LogP contribution >= 0.6 is 0 Å². The number of nitrogens with zero attached hydrogens (tertiary/aromatic N) is 2. The lowest BCUT2D eigenvalue weighted by Gasteiger charge is -2.11. The molecule has 0 fully saturated rings.